The van der Waals surface area contributed by atoms with Crippen LogP contribution in [0.4, 0.5) is 0 Å². The van der Waals surface area contributed by atoms with Crippen molar-refractivity contribution in [2.45, 2.75) is 0 Å². The van der Waals surface area contributed by atoms with Gasteiger partial charge in [0.2, 0.25) is 0 Å². The van der Waals surface area contributed by atoms with Gasteiger partial charge in [-0.1, -0.05) is 11.6 Å². The molecule has 0 saturated carbocycles. The molecule has 7 heteroatoms. The van der Waals surface area contributed by atoms with E-state index in [0.717, 1.165) is 32.8 Å². The Kier molecular flexibility index (Phi) is 4.86. The lowest BCUT2D eigenvalue weighted by atomic mass is 10.4. The highest BCUT2D eigenvalue weighted by molar-refractivity contribution is 6.29. The summed E-state index contributed by atoms with van der Waals surface area (Å²) < 4.78 is 5.25. The lowest BCUT2D eigenvalue weighted by molar-refractivity contribution is 0.0383. The molecule has 1 saturated heterocycles. The molecule has 0 spiro atoms. The van der Waals surface area contributed by atoms with Gasteiger partial charge in [-0.25, -0.2) is 9.97 Å². The van der Waals surface area contributed by atoms with E-state index in [0.29, 0.717) is 6.54 Å². The third-order valence-electron chi connectivity index (χ3n) is 2.67. The molecule has 18 heavy (non-hydrogen) atoms. The number of carbonyl (C=O) groups is 1. The van der Waals surface area contributed by atoms with Crippen LogP contribution in [0.25, 0.3) is 0 Å². The average Bonchev–Trinajstić information content (AvgIpc) is 2.40. The first kappa shape index (κ1) is 13.2. The van der Waals surface area contributed by atoms with Gasteiger partial charge in [0.25, 0.3) is 5.91 Å². The standard InChI is InChI=1S/C11H15ClN4O2/c12-10-8-14-9(7-15-10)11(17)13-1-2-16-3-5-18-6-4-16/h7-8H,1-6H2,(H,13,17). The highest BCUT2D eigenvalue weighted by Gasteiger charge is 2.11. The second-order valence-corrected chi connectivity index (χ2v) is 4.32. The van der Waals surface area contributed by atoms with Crippen molar-refractivity contribution in [3.05, 3.63) is 23.2 Å². The molecule has 1 aliphatic heterocycles. The summed E-state index contributed by atoms with van der Waals surface area (Å²) in [5.74, 6) is -0.229. The first-order valence-electron chi connectivity index (χ1n) is 5.81. The average molecular weight is 271 g/mol. The van der Waals surface area contributed by atoms with Crippen molar-refractivity contribution in [1.82, 2.24) is 20.2 Å². The smallest absolute Gasteiger partial charge is 0.271 e. The highest BCUT2D eigenvalue weighted by atomic mass is 35.5. The maximum atomic E-state index is 11.7. The number of amides is 1. The van der Waals surface area contributed by atoms with Crippen LogP contribution in [0.2, 0.25) is 5.15 Å². The Morgan fingerprint density at radius 2 is 2.17 bits per heavy atom. The molecule has 2 rings (SSSR count). The number of nitrogens with one attached hydrogen (secondary N) is 1. The molecule has 98 valence electrons. The minimum absolute atomic E-state index is 0.229. The molecule has 0 bridgehead atoms. The summed E-state index contributed by atoms with van der Waals surface area (Å²) in [4.78, 5) is 21.7. The number of hydrogen-bond acceptors (Lipinski definition) is 5. The van der Waals surface area contributed by atoms with Gasteiger partial charge in [0, 0.05) is 26.2 Å². The third kappa shape index (κ3) is 3.90. The van der Waals surface area contributed by atoms with Crippen molar-refractivity contribution in [3.63, 3.8) is 0 Å². The molecule has 1 amide bonds. The van der Waals surface area contributed by atoms with Crippen LogP contribution in [-0.4, -0.2) is 60.2 Å². The largest absolute Gasteiger partial charge is 0.379 e. The maximum Gasteiger partial charge on any atom is 0.271 e. The second-order valence-electron chi connectivity index (χ2n) is 3.93. The SMILES string of the molecule is O=C(NCCN1CCOCC1)c1cnc(Cl)cn1. The van der Waals surface area contributed by atoms with Crippen molar-refractivity contribution >= 4 is 17.5 Å². The van der Waals surface area contributed by atoms with Gasteiger partial charge in [0.15, 0.2) is 0 Å². The zero-order valence-electron chi connectivity index (χ0n) is 9.93. The van der Waals surface area contributed by atoms with Crippen molar-refractivity contribution in [2.24, 2.45) is 0 Å². The molecule has 0 atom stereocenters. The zero-order chi connectivity index (χ0) is 12.8. The summed E-state index contributed by atoms with van der Waals surface area (Å²) in [5.41, 5.74) is 0.279. The molecule has 1 aromatic heterocycles. The monoisotopic (exact) mass is 270 g/mol. The summed E-state index contributed by atoms with van der Waals surface area (Å²) in [5, 5.41) is 3.08. The minimum atomic E-state index is -0.229. The zero-order valence-corrected chi connectivity index (χ0v) is 10.7. The molecular formula is C11H15ClN4O2. The van der Waals surface area contributed by atoms with Crippen LogP contribution in [0.3, 0.4) is 0 Å². The quantitative estimate of drug-likeness (QED) is 0.846. The van der Waals surface area contributed by atoms with Crippen molar-refractivity contribution in [1.29, 1.82) is 0 Å². The first-order chi connectivity index (χ1) is 8.75. The van der Waals surface area contributed by atoms with Crippen LogP contribution in [-0.2, 0) is 4.74 Å². The van der Waals surface area contributed by atoms with Crippen LogP contribution in [0.5, 0.6) is 0 Å². The number of rotatable bonds is 4. The van der Waals surface area contributed by atoms with Gasteiger partial charge in [0.05, 0.1) is 25.6 Å². The molecule has 2 heterocycles. The Morgan fingerprint density at radius 3 is 2.83 bits per heavy atom. The topological polar surface area (TPSA) is 67.4 Å². The molecule has 1 fully saturated rings. The van der Waals surface area contributed by atoms with Crippen LogP contribution in [0.1, 0.15) is 10.5 Å². The van der Waals surface area contributed by atoms with E-state index in [1.807, 2.05) is 0 Å². The van der Waals surface area contributed by atoms with Gasteiger partial charge in [-0.3, -0.25) is 9.69 Å². The molecule has 0 radical (unpaired) electrons. The summed E-state index contributed by atoms with van der Waals surface area (Å²) in [6.07, 6.45) is 2.73. The molecule has 0 aromatic carbocycles. The number of morpholine rings is 1. The molecule has 1 N–H and O–H groups in total. The Morgan fingerprint density at radius 1 is 1.39 bits per heavy atom. The summed E-state index contributed by atoms with van der Waals surface area (Å²) in [6.45, 7) is 4.75. The van der Waals surface area contributed by atoms with Gasteiger partial charge in [-0.05, 0) is 0 Å². The number of nitrogens with zero attached hydrogens (tertiary/aromatic N) is 3. The summed E-state index contributed by atoms with van der Waals surface area (Å²) in [7, 11) is 0. The molecular weight excluding hydrogens is 256 g/mol. The first-order valence-corrected chi connectivity index (χ1v) is 6.19. The Hall–Kier alpha value is -1.24. The summed E-state index contributed by atoms with van der Waals surface area (Å²) in [6, 6.07) is 0. The summed E-state index contributed by atoms with van der Waals surface area (Å²) >= 11 is 5.60. The van der Waals surface area contributed by atoms with E-state index in [9.17, 15) is 4.79 Å². The third-order valence-corrected chi connectivity index (χ3v) is 2.87. The highest BCUT2D eigenvalue weighted by Crippen LogP contribution is 2.01. The van der Waals surface area contributed by atoms with Crippen molar-refractivity contribution in [2.75, 3.05) is 39.4 Å². The fourth-order valence-corrected chi connectivity index (χ4v) is 1.77. The number of aromatic nitrogens is 2. The van der Waals surface area contributed by atoms with Gasteiger partial charge in [-0.2, -0.15) is 0 Å². The molecule has 0 unspecified atom stereocenters. The van der Waals surface area contributed by atoms with Crippen LogP contribution < -0.4 is 5.32 Å². The van der Waals surface area contributed by atoms with E-state index in [1.54, 1.807) is 0 Å². The molecule has 0 aliphatic carbocycles. The van der Waals surface area contributed by atoms with E-state index in [2.05, 4.69) is 20.2 Å². The number of hydrogen-bond donors (Lipinski definition) is 1. The molecule has 1 aliphatic rings. The predicted octanol–water partition coefficient (Wildman–Crippen LogP) is 0.192. The Bertz CT molecular complexity index is 393. The fourth-order valence-electron chi connectivity index (χ4n) is 1.67. The molecule has 1 aromatic rings. The fraction of sp³-hybridized carbons (Fsp3) is 0.545. The van der Waals surface area contributed by atoms with Gasteiger partial charge in [-0.15, -0.1) is 0 Å². The van der Waals surface area contributed by atoms with Gasteiger partial charge >= 0.3 is 0 Å². The number of halogens is 1. The lowest BCUT2D eigenvalue weighted by Crippen LogP contribution is -2.41. The van der Waals surface area contributed by atoms with Crippen molar-refractivity contribution in [3.8, 4) is 0 Å². The lowest BCUT2D eigenvalue weighted by Gasteiger charge is -2.26. The normalized spacial score (nSPS) is 16.5. The van der Waals surface area contributed by atoms with Crippen molar-refractivity contribution < 1.29 is 9.53 Å². The van der Waals surface area contributed by atoms with E-state index in [4.69, 9.17) is 16.3 Å². The van der Waals surface area contributed by atoms with E-state index in [-0.39, 0.29) is 16.8 Å². The predicted molar refractivity (Wildman–Crippen MR) is 66.6 cm³/mol. The van der Waals surface area contributed by atoms with E-state index in [1.165, 1.54) is 12.4 Å². The van der Waals surface area contributed by atoms with E-state index < -0.39 is 0 Å². The minimum Gasteiger partial charge on any atom is -0.379 e. The van der Waals surface area contributed by atoms with Gasteiger partial charge < -0.3 is 10.1 Å². The number of carbonyl (C=O) groups excluding carboxylic acids is 1. The van der Waals surface area contributed by atoms with E-state index >= 15 is 0 Å². The molecule has 6 nitrogen and oxygen atoms in total. The van der Waals surface area contributed by atoms with Gasteiger partial charge in [0.1, 0.15) is 10.8 Å². The number of ether oxygens (including phenoxy) is 1. The Labute approximate surface area is 110 Å². The van der Waals surface area contributed by atoms with Crippen LogP contribution >= 0.6 is 11.6 Å². The Balaban J connectivity index is 1.72. The van der Waals surface area contributed by atoms with Crippen LogP contribution in [0, 0.1) is 0 Å². The van der Waals surface area contributed by atoms with Crippen LogP contribution in [0.15, 0.2) is 12.4 Å². The maximum absolute atomic E-state index is 11.7. The second kappa shape index (κ2) is 6.63.